The van der Waals surface area contributed by atoms with Gasteiger partial charge < -0.3 is 15.4 Å². The molecule has 3 aromatic rings. The standard InChI is InChI=1S/C20H22N4OS/c1-15-12-22-19(26-15)14-24-20(21-2)23-13-16-8-6-7-11-18(16)25-17-9-4-3-5-10-17/h3-12H,13-14H2,1-2H3,(H2,21,23,24). The minimum absolute atomic E-state index is 0.611. The highest BCUT2D eigenvalue weighted by atomic mass is 32.1. The summed E-state index contributed by atoms with van der Waals surface area (Å²) in [4.78, 5) is 9.83. The van der Waals surface area contributed by atoms with E-state index in [9.17, 15) is 0 Å². The second-order valence-electron chi connectivity index (χ2n) is 5.67. The fourth-order valence-corrected chi connectivity index (χ4v) is 3.13. The van der Waals surface area contributed by atoms with Gasteiger partial charge in [-0.05, 0) is 25.1 Å². The van der Waals surface area contributed by atoms with Crippen LogP contribution in [0, 0.1) is 6.92 Å². The van der Waals surface area contributed by atoms with Gasteiger partial charge in [-0.2, -0.15) is 0 Å². The highest BCUT2D eigenvalue weighted by Gasteiger charge is 2.06. The van der Waals surface area contributed by atoms with Crippen LogP contribution in [0.2, 0.25) is 0 Å². The largest absolute Gasteiger partial charge is 0.457 e. The van der Waals surface area contributed by atoms with Gasteiger partial charge in [-0.25, -0.2) is 4.98 Å². The number of ether oxygens (including phenoxy) is 1. The first-order valence-corrected chi connectivity index (χ1v) is 9.23. The summed E-state index contributed by atoms with van der Waals surface area (Å²) in [7, 11) is 1.76. The molecule has 134 valence electrons. The smallest absolute Gasteiger partial charge is 0.191 e. The van der Waals surface area contributed by atoms with Crippen molar-refractivity contribution < 1.29 is 4.74 Å². The maximum atomic E-state index is 6.00. The molecule has 2 N–H and O–H groups in total. The Morgan fingerprint density at radius 1 is 1.04 bits per heavy atom. The van der Waals surface area contributed by atoms with Gasteiger partial charge in [-0.3, -0.25) is 4.99 Å². The predicted octanol–water partition coefficient (Wildman–Crippen LogP) is 4.11. The fraction of sp³-hybridized carbons (Fsp3) is 0.200. The zero-order chi connectivity index (χ0) is 18.2. The Kier molecular flexibility index (Phi) is 6.22. The average molecular weight is 366 g/mol. The summed E-state index contributed by atoms with van der Waals surface area (Å²) in [5.41, 5.74) is 1.06. The summed E-state index contributed by atoms with van der Waals surface area (Å²) in [5, 5.41) is 7.65. The minimum Gasteiger partial charge on any atom is -0.457 e. The van der Waals surface area contributed by atoms with Gasteiger partial charge in [0.25, 0.3) is 0 Å². The van der Waals surface area contributed by atoms with E-state index in [2.05, 4.69) is 27.5 Å². The third-order valence-electron chi connectivity index (χ3n) is 3.69. The molecule has 0 aliphatic rings. The van der Waals surface area contributed by atoms with E-state index < -0.39 is 0 Å². The lowest BCUT2D eigenvalue weighted by molar-refractivity contribution is 0.475. The first kappa shape index (κ1) is 17.9. The molecule has 2 aromatic carbocycles. The number of aliphatic imine (C=N–C) groups is 1. The summed E-state index contributed by atoms with van der Waals surface area (Å²) in [5.74, 6) is 2.38. The van der Waals surface area contributed by atoms with Gasteiger partial charge in [0.15, 0.2) is 5.96 Å². The lowest BCUT2D eigenvalue weighted by atomic mass is 10.2. The number of guanidine groups is 1. The Balaban J connectivity index is 1.59. The first-order valence-electron chi connectivity index (χ1n) is 8.41. The number of hydrogen-bond donors (Lipinski definition) is 2. The van der Waals surface area contributed by atoms with Crippen molar-refractivity contribution in [2.24, 2.45) is 4.99 Å². The number of nitrogens with one attached hydrogen (secondary N) is 2. The molecule has 26 heavy (non-hydrogen) atoms. The van der Waals surface area contributed by atoms with E-state index in [1.807, 2.05) is 60.8 Å². The monoisotopic (exact) mass is 366 g/mol. The molecule has 0 aliphatic heterocycles. The quantitative estimate of drug-likeness (QED) is 0.509. The molecule has 0 radical (unpaired) electrons. The van der Waals surface area contributed by atoms with Crippen LogP contribution in [0.15, 0.2) is 65.8 Å². The molecule has 1 aromatic heterocycles. The Labute approximate surface area is 157 Å². The molecule has 0 aliphatic carbocycles. The van der Waals surface area contributed by atoms with Crippen molar-refractivity contribution in [3.05, 3.63) is 76.2 Å². The Bertz CT molecular complexity index is 861. The summed E-state index contributed by atoms with van der Waals surface area (Å²) in [6, 6.07) is 17.8. The highest BCUT2D eigenvalue weighted by Crippen LogP contribution is 2.24. The number of rotatable bonds is 6. The lowest BCUT2D eigenvalue weighted by Crippen LogP contribution is -2.36. The maximum Gasteiger partial charge on any atom is 0.191 e. The van der Waals surface area contributed by atoms with Crippen LogP contribution in [0.1, 0.15) is 15.4 Å². The first-order chi connectivity index (χ1) is 12.7. The van der Waals surface area contributed by atoms with Crippen LogP contribution in [0.3, 0.4) is 0 Å². The molecule has 0 fully saturated rings. The molecular weight excluding hydrogens is 344 g/mol. The van der Waals surface area contributed by atoms with Crippen LogP contribution in [-0.2, 0) is 13.1 Å². The van der Waals surface area contributed by atoms with Gasteiger partial charge in [0.2, 0.25) is 0 Å². The molecular formula is C20H22N4OS. The second-order valence-corrected chi connectivity index (χ2v) is 6.99. The number of aryl methyl sites for hydroxylation is 1. The van der Waals surface area contributed by atoms with Gasteiger partial charge in [0, 0.05) is 30.2 Å². The van der Waals surface area contributed by atoms with E-state index in [1.165, 1.54) is 4.88 Å². The number of nitrogens with zero attached hydrogens (tertiary/aromatic N) is 2. The van der Waals surface area contributed by atoms with Crippen molar-refractivity contribution in [2.45, 2.75) is 20.0 Å². The molecule has 0 saturated heterocycles. The number of benzene rings is 2. The van der Waals surface area contributed by atoms with Crippen LogP contribution in [-0.4, -0.2) is 18.0 Å². The number of hydrogen-bond acceptors (Lipinski definition) is 4. The molecule has 0 spiro atoms. The van der Waals surface area contributed by atoms with Crippen LogP contribution in [0.4, 0.5) is 0 Å². The summed E-state index contributed by atoms with van der Waals surface area (Å²) >= 11 is 1.68. The Morgan fingerprint density at radius 2 is 1.77 bits per heavy atom. The van der Waals surface area contributed by atoms with Crippen molar-refractivity contribution in [1.82, 2.24) is 15.6 Å². The zero-order valence-electron chi connectivity index (χ0n) is 14.9. The third-order valence-corrected chi connectivity index (χ3v) is 4.60. The highest BCUT2D eigenvalue weighted by molar-refractivity contribution is 7.11. The van der Waals surface area contributed by atoms with Gasteiger partial charge in [-0.15, -0.1) is 11.3 Å². The Morgan fingerprint density at radius 3 is 2.50 bits per heavy atom. The molecule has 0 saturated carbocycles. The average Bonchev–Trinajstić information content (AvgIpc) is 3.09. The van der Waals surface area contributed by atoms with Crippen molar-refractivity contribution in [3.63, 3.8) is 0 Å². The van der Waals surface area contributed by atoms with Gasteiger partial charge in [0.1, 0.15) is 16.5 Å². The molecule has 0 unspecified atom stereocenters. The van der Waals surface area contributed by atoms with E-state index in [-0.39, 0.29) is 0 Å². The van der Waals surface area contributed by atoms with Crippen molar-refractivity contribution in [3.8, 4) is 11.5 Å². The molecule has 0 amide bonds. The number of thiazole rings is 1. The van der Waals surface area contributed by atoms with Gasteiger partial charge in [0.05, 0.1) is 6.54 Å². The van der Waals surface area contributed by atoms with E-state index in [0.717, 1.165) is 28.0 Å². The number of aromatic nitrogens is 1. The molecule has 3 rings (SSSR count). The molecule has 0 atom stereocenters. The Hall–Kier alpha value is -2.86. The van der Waals surface area contributed by atoms with E-state index in [4.69, 9.17) is 4.74 Å². The van der Waals surface area contributed by atoms with Crippen molar-refractivity contribution in [1.29, 1.82) is 0 Å². The van der Waals surface area contributed by atoms with E-state index in [0.29, 0.717) is 13.1 Å². The lowest BCUT2D eigenvalue weighted by Gasteiger charge is -2.14. The maximum absolute atomic E-state index is 6.00. The molecule has 0 bridgehead atoms. The molecule has 6 heteroatoms. The van der Waals surface area contributed by atoms with Crippen LogP contribution in [0.25, 0.3) is 0 Å². The normalized spacial score (nSPS) is 11.2. The van der Waals surface area contributed by atoms with Crippen LogP contribution >= 0.6 is 11.3 Å². The predicted molar refractivity (Wildman–Crippen MR) is 107 cm³/mol. The van der Waals surface area contributed by atoms with Crippen LogP contribution in [0.5, 0.6) is 11.5 Å². The van der Waals surface area contributed by atoms with E-state index >= 15 is 0 Å². The number of para-hydroxylation sites is 2. The molecule has 1 heterocycles. The second kappa shape index (κ2) is 9.01. The zero-order valence-corrected chi connectivity index (χ0v) is 15.7. The van der Waals surface area contributed by atoms with E-state index in [1.54, 1.807) is 18.4 Å². The summed E-state index contributed by atoms with van der Waals surface area (Å²) in [6.07, 6.45) is 1.88. The van der Waals surface area contributed by atoms with Gasteiger partial charge in [-0.1, -0.05) is 36.4 Å². The SMILES string of the molecule is CN=C(NCc1ncc(C)s1)NCc1ccccc1Oc1ccccc1. The van der Waals surface area contributed by atoms with Crippen molar-refractivity contribution >= 4 is 17.3 Å². The van der Waals surface area contributed by atoms with Crippen LogP contribution < -0.4 is 15.4 Å². The topological polar surface area (TPSA) is 58.5 Å². The summed E-state index contributed by atoms with van der Waals surface area (Å²) < 4.78 is 6.00. The molecule has 5 nitrogen and oxygen atoms in total. The van der Waals surface area contributed by atoms with Crippen molar-refractivity contribution in [2.75, 3.05) is 7.05 Å². The third kappa shape index (κ3) is 5.07. The summed E-state index contributed by atoms with van der Waals surface area (Å²) in [6.45, 7) is 3.32. The minimum atomic E-state index is 0.611. The fourth-order valence-electron chi connectivity index (χ4n) is 2.41. The van der Waals surface area contributed by atoms with Gasteiger partial charge >= 0.3 is 0 Å².